The van der Waals surface area contributed by atoms with E-state index in [2.05, 4.69) is 5.32 Å². The Morgan fingerprint density at radius 3 is 2.37 bits per heavy atom. The van der Waals surface area contributed by atoms with E-state index in [-0.39, 0.29) is 6.54 Å². The minimum atomic E-state index is -0.891. The Morgan fingerprint density at radius 2 is 1.84 bits per heavy atom. The quantitative estimate of drug-likeness (QED) is 0.486. The monoisotopic (exact) mass is 265 g/mol. The first kappa shape index (κ1) is 15.0. The smallest absolute Gasteiger partial charge is 0.433 e. The van der Waals surface area contributed by atoms with E-state index in [0.717, 1.165) is 5.56 Å². The zero-order valence-electron chi connectivity index (χ0n) is 11.3. The van der Waals surface area contributed by atoms with Gasteiger partial charge in [-0.3, -0.25) is 0 Å². The topological polar surface area (TPSA) is 84.7 Å². The zero-order valence-corrected chi connectivity index (χ0v) is 11.3. The molecule has 1 rings (SSSR count). The van der Waals surface area contributed by atoms with Crippen molar-refractivity contribution in [2.45, 2.75) is 32.9 Å². The summed E-state index contributed by atoms with van der Waals surface area (Å²) in [7, 11) is 0. The highest BCUT2D eigenvalue weighted by Gasteiger charge is 2.24. The van der Waals surface area contributed by atoms with Crippen LogP contribution in [0.2, 0.25) is 0 Å². The van der Waals surface area contributed by atoms with E-state index in [1.807, 2.05) is 30.3 Å². The van der Waals surface area contributed by atoms with Crippen molar-refractivity contribution in [2.75, 3.05) is 0 Å². The van der Waals surface area contributed by atoms with Gasteiger partial charge in [-0.1, -0.05) is 30.3 Å². The van der Waals surface area contributed by atoms with Gasteiger partial charge in [-0.15, -0.1) is 0 Å². The van der Waals surface area contributed by atoms with Crippen molar-refractivity contribution in [2.24, 2.45) is 5.84 Å². The summed E-state index contributed by atoms with van der Waals surface area (Å²) >= 11 is 0. The summed E-state index contributed by atoms with van der Waals surface area (Å²) in [4.78, 5) is 23.2. The second kappa shape index (κ2) is 6.19. The van der Waals surface area contributed by atoms with E-state index in [1.165, 1.54) is 0 Å². The van der Waals surface area contributed by atoms with Gasteiger partial charge in [-0.05, 0) is 26.3 Å². The van der Waals surface area contributed by atoms with Crippen LogP contribution in [0.5, 0.6) is 0 Å². The molecule has 0 heterocycles. The van der Waals surface area contributed by atoms with Crippen molar-refractivity contribution >= 4 is 12.1 Å². The van der Waals surface area contributed by atoms with E-state index in [0.29, 0.717) is 5.01 Å². The van der Waals surface area contributed by atoms with Gasteiger partial charge < -0.3 is 10.1 Å². The fourth-order valence-electron chi connectivity index (χ4n) is 1.25. The maximum atomic E-state index is 11.6. The van der Waals surface area contributed by atoms with Gasteiger partial charge in [0.1, 0.15) is 5.60 Å². The third-order valence-electron chi connectivity index (χ3n) is 2.10. The number of urea groups is 1. The third-order valence-corrected chi connectivity index (χ3v) is 2.10. The Labute approximate surface area is 112 Å². The Morgan fingerprint density at radius 1 is 1.26 bits per heavy atom. The summed E-state index contributed by atoms with van der Waals surface area (Å²) < 4.78 is 4.97. The highest BCUT2D eigenvalue weighted by molar-refractivity contribution is 5.90. The van der Waals surface area contributed by atoms with Gasteiger partial charge in [0.25, 0.3) is 0 Å². The minimum Gasteiger partial charge on any atom is -0.442 e. The Kier molecular flexibility index (Phi) is 4.88. The van der Waals surface area contributed by atoms with Crippen molar-refractivity contribution in [3.8, 4) is 0 Å². The van der Waals surface area contributed by atoms with Crippen molar-refractivity contribution in [1.82, 2.24) is 10.3 Å². The lowest BCUT2D eigenvalue weighted by Crippen LogP contribution is -2.49. The molecule has 0 fully saturated rings. The fourth-order valence-corrected chi connectivity index (χ4v) is 1.25. The summed E-state index contributed by atoms with van der Waals surface area (Å²) in [5.74, 6) is 5.38. The lowest BCUT2D eigenvalue weighted by molar-refractivity contribution is 0.0319. The SMILES string of the molecule is CC(C)(C)OC(=O)N(N)C(=O)NCc1ccccc1. The van der Waals surface area contributed by atoms with Crippen LogP contribution >= 0.6 is 0 Å². The van der Waals surface area contributed by atoms with Crippen LogP contribution in [0.1, 0.15) is 26.3 Å². The van der Waals surface area contributed by atoms with E-state index >= 15 is 0 Å². The zero-order chi connectivity index (χ0) is 14.5. The molecule has 0 radical (unpaired) electrons. The first-order valence-corrected chi connectivity index (χ1v) is 5.89. The molecular weight excluding hydrogens is 246 g/mol. The molecule has 0 aliphatic rings. The van der Waals surface area contributed by atoms with Gasteiger partial charge >= 0.3 is 12.1 Å². The molecule has 0 saturated heterocycles. The van der Waals surface area contributed by atoms with E-state index in [4.69, 9.17) is 10.6 Å². The number of nitrogens with zero attached hydrogens (tertiary/aromatic N) is 1. The molecule has 0 spiro atoms. The van der Waals surface area contributed by atoms with Crippen LogP contribution in [0, 0.1) is 0 Å². The van der Waals surface area contributed by atoms with Crippen LogP contribution in [0.3, 0.4) is 0 Å². The number of imide groups is 1. The maximum Gasteiger partial charge on any atom is 0.433 e. The van der Waals surface area contributed by atoms with Crippen LogP contribution in [-0.2, 0) is 11.3 Å². The molecule has 1 aromatic carbocycles. The first-order chi connectivity index (χ1) is 8.79. The van der Waals surface area contributed by atoms with Gasteiger partial charge in [0.2, 0.25) is 0 Å². The van der Waals surface area contributed by atoms with Crippen molar-refractivity contribution < 1.29 is 14.3 Å². The molecule has 3 amide bonds. The molecule has 0 bridgehead atoms. The summed E-state index contributed by atoms with van der Waals surface area (Å²) in [6.45, 7) is 5.37. The second-order valence-corrected chi connectivity index (χ2v) is 4.99. The molecule has 0 aromatic heterocycles. The molecule has 0 saturated carbocycles. The number of hydrogen-bond donors (Lipinski definition) is 2. The number of benzene rings is 1. The van der Waals surface area contributed by atoms with Crippen LogP contribution in [0.25, 0.3) is 0 Å². The molecule has 0 unspecified atom stereocenters. The van der Waals surface area contributed by atoms with Crippen LogP contribution in [-0.4, -0.2) is 22.7 Å². The van der Waals surface area contributed by atoms with Gasteiger partial charge in [-0.2, -0.15) is 5.01 Å². The molecule has 0 aliphatic carbocycles. The third kappa shape index (κ3) is 5.39. The molecule has 104 valence electrons. The Bertz CT molecular complexity index is 440. The molecule has 0 atom stereocenters. The number of rotatable bonds is 2. The molecule has 6 nitrogen and oxygen atoms in total. The standard InChI is InChI=1S/C13H19N3O3/c1-13(2,3)19-12(18)16(14)11(17)15-9-10-7-5-4-6-8-10/h4-8H,9,14H2,1-3H3,(H,15,17). The predicted molar refractivity (Wildman–Crippen MR) is 70.9 cm³/mol. The maximum absolute atomic E-state index is 11.6. The van der Waals surface area contributed by atoms with Gasteiger partial charge in [0.15, 0.2) is 0 Å². The molecule has 19 heavy (non-hydrogen) atoms. The summed E-state index contributed by atoms with van der Waals surface area (Å²) in [5, 5.41) is 2.95. The molecule has 1 aromatic rings. The van der Waals surface area contributed by atoms with Gasteiger partial charge in [0, 0.05) is 6.54 Å². The average molecular weight is 265 g/mol. The van der Waals surface area contributed by atoms with Crippen molar-refractivity contribution in [3.63, 3.8) is 0 Å². The predicted octanol–water partition coefficient (Wildman–Crippen LogP) is 2.01. The highest BCUT2D eigenvalue weighted by atomic mass is 16.6. The van der Waals surface area contributed by atoms with E-state index in [1.54, 1.807) is 20.8 Å². The Hall–Kier alpha value is -2.08. The normalized spacial score (nSPS) is 10.7. The number of nitrogens with two attached hydrogens (primary N) is 1. The highest BCUT2D eigenvalue weighted by Crippen LogP contribution is 2.08. The number of ether oxygens (including phenoxy) is 1. The lowest BCUT2D eigenvalue weighted by Gasteiger charge is -2.23. The fraction of sp³-hybridized carbons (Fsp3) is 0.385. The number of hydrogen-bond acceptors (Lipinski definition) is 4. The van der Waals surface area contributed by atoms with Crippen molar-refractivity contribution in [3.05, 3.63) is 35.9 Å². The van der Waals surface area contributed by atoms with E-state index < -0.39 is 17.7 Å². The number of carbonyl (C=O) groups is 2. The van der Waals surface area contributed by atoms with E-state index in [9.17, 15) is 9.59 Å². The number of amides is 3. The van der Waals surface area contributed by atoms with Gasteiger partial charge in [0.05, 0.1) is 0 Å². The van der Waals surface area contributed by atoms with Crippen LogP contribution in [0.4, 0.5) is 9.59 Å². The molecular formula is C13H19N3O3. The summed E-state index contributed by atoms with van der Waals surface area (Å²) in [6.07, 6.45) is -0.891. The summed E-state index contributed by atoms with van der Waals surface area (Å²) in [5.41, 5.74) is 0.211. The number of hydrazine groups is 1. The average Bonchev–Trinajstić information content (AvgIpc) is 2.34. The molecule has 3 N–H and O–H groups in total. The second-order valence-electron chi connectivity index (χ2n) is 4.99. The van der Waals surface area contributed by atoms with Crippen LogP contribution in [0.15, 0.2) is 30.3 Å². The largest absolute Gasteiger partial charge is 0.442 e. The van der Waals surface area contributed by atoms with Crippen LogP contribution < -0.4 is 11.2 Å². The molecule has 6 heteroatoms. The first-order valence-electron chi connectivity index (χ1n) is 5.89. The minimum absolute atomic E-state index is 0.288. The summed E-state index contributed by atoms with van der Waals surface area (Å²) in [6, 6.07) is 8.59. The van der Waals surface area contributed by atoms with Gasteiger partial charge in [-0.25, -0.2) is 15.4 Å². The number of nitrogens with one attached hydrogen (secondary N) is 1. The Balaban J connectivity index is 2.47. The number of carbonyl (C=O) groups excluding carboxylic acids is 2. The molecule has 0 aliphatic heterocycles. The van der Waals surface area contributed by atoms with Crippen molar-refractivity contribution in [1.29, 1.82) is 0 Å². The lowest BCUT2D eigenvalue weighted by atomic mass is 10.2.